The summed E-state index contributed by atoms with van der Waals surface area (Å²) in [6.07, 6.45) is 1.69. The molecule has 1 atom stereocenters. The number of benzene rings is 1. The molecule has 0 saturated carbocycles. The molecule has 2 rings (SSSR count). The summed E-state index contributed by atoms with van der Waals surface area (Å²) in [5.41, 5.74) is -0.293. The second kappa shape index (κ2) is 6.62. The van der Waals surface area contributed by atoms with Crippen LogP contribution in [0.3, 0.4) is 0 Å². The Morgan fingerprint density at radius 2 is 2.05 bits per heavy atom. The molecule has 0 radical (unpaired) electrons. The van der Waals surface area contributed by atoms with Crippen molar-refractivity contribution in [3.05, 3.63) is 45.9 Å². The zero-order valence-corrected chi connectivity index (χ0v) is 12.4. The summed E-state index contributed by atoms with van der Waals surface area (Å²) < 4.78 is 27.2. The number of hydrogen-bond donors (Lipinski definition) is 2. The maximum atomic E-state index is 13.6. The Bertz CT molecular complexity index is 608. The van der Waals surface area contributed by atoms with Crippen LogP contribution in [0, 0.1) is 11.6 Å². The minimum absolute atomic E-state index is 0.0419. The number of halogens is 2. The zero-order valence-electron chi connectivity index (χ0n) is 11.6. The lowest BCUT2D eigenvalue weighted by molar-refractivity contribution is 0.0950. The van der Waals surface area contributed by atoms with E-state index in [1.165, 1.54) is 18.4 Å². The highest BCUT2D eigenvalue weighted by molar-refractivity contribution is 7.09. The Kier molecular flexibility index (Phi) is 4.85. The van der Waals surface area contributed by atoms with Gasteiger partial charge in [0.05, 0.1) is 5.01 Å². The minimum Gasteiger partial charge on any atom is -0.383 e. The third-order valence-electron chi connectivity index (χ3n) is 3.00. The van der Waals surface area contributed by atoms with Crippen molar-refractivity contribution in [1.82, 2.24) is 10.3 Å². The lowest BCUT2D eigenvalue weighted by Crippen LogP contribution is -2.27. The average molecular weight is 311 g/mol. The van der Waals surface area contributed by atoms with Crippen molar-refractivity contribution < 1.29 is 13.6 Å². The van der Waals surface area contributed by atoms with Crippen molar-refractivity contribution in [2.75, 3.05) is 18.9 Å². The fourth-order valence-electron chi connectivity index (χ4n) is 1.86. The van der Waals surface area contributed by atoms with E-state index >= 15 is 0 Å². The van der Waals surface area contributed by atoms with Crippen LogP contribution < -0.4 is 10.6 Å². The van der Waals surface area contributed by atoms with Gasteiger partial charge in [-0.1, -0.05) is 6.92 Å². The fraction of sp³-hybridized carbons (Fsp3) is 0.286. The average Bonchev–Trinajstić information content (AvgIpc) is 2.98. The van der Waals surface area contributed by atoms with E-state index in [2.05, 4.69) is 15.6 Å². The SMILES string of the molecule is CNc1c(F)cc(C(=O)NCC(C)c2nccs2)cc1F. The van der Waals surface area contributed by atoms with Gasteiger partial charge in [-0.15, -0.1) is 11.3 Å². The van der Waals surface area contributed by atoms with Crippen LogP contribution in [0.25, 0.3) is 0 Å². The van der Waals surface area contributed by atoms with Gasteiger partial charge in [0.15, 0.2) is 0 Å². The van der Waals surface area contributed by atoms with E-state index in [4.69, 9.17) is 0 Å². The smallest absolute Gasteiger partial charge is 0.251 e. The van der Waals surface area contributed by atoms with E-state index in [1.807, 2.05) is 12.3 Å². The van der Waals surface area contributed by atoms with Crippen LogP contribution in [0.1, 0.15) is 28.2 Å². The van der Waals surface area contributed by atoms with Crippen LogP contribution in [-0.2, 0) is 0 Å². The summed E-state index contributed by atoms with van der Waals surface area (Å²) in [6, 6.07) is 2.02. The van der Waals surface area contributed by atoms with Gasteiger partial charge >= 0.3 is 0 Å². The molecule has 0 bridgehead atoms. The number of rotatable bonds is 5. The third kappa shape index (κ3) is 3.55. The third-order valence-corrected chi connectivity index (χ3v) is 4.00. The highest BCUT2D eigenvalue weighted by Gasteiger charge is 2.15. The molecule has 4 nitrogen and oxygen atoms in total. The van der Waals surface area contributed by atoms with Crippen molar-refractivity contribution in [2.24, 2.45) is 0 Å². The summed E-state index contributed by atoms with van der Waals surface area (Å²) in [5, 5.41) is 7.82. The number of aromatic nitrogens is 1. The van der Waals surface area contributed by atoms with Crippen LogP contribution in [0.5, 0.6) is 0 Å². The molecule has 0 aliphatic carbocycles. The highest BCUT2D eigenvalue weighted by Crippen LogP contribution is 2.20. The van der Waals surface area contributed by atoms with Gasteiger partial charge in [-0.3, -0.25) is 4.79 Å². The number of amides is 1. The summed E-state index contributed by atoms with van der Waals surface area (Å²) in [4.78, 5) is 16.1. The number of nitrogens with zero attached hydrogens (tertiary/aromatic N) is 1. The quantitative estimate of drug-likeness (QED) is 0.892. The summed E-state index contributed by atoms with van der Waals surface area (Å²) in [7, 11) is 1.41. The number of nitrogens with one attached hydrogen (secondary N) is 2. The first kappa shape index (κ1) is 15.4. The van der Waals surface area contributed by atoms with Gasteiger partial charge in [0, 0.05) is 36.7 Å². The van der Waals surface area contributed by atoms with Crippen LogP contribution in [0.15, 0.2) is 23.7 Å². The van der Waals surface area contributed by atoms with E-state index in [0.29, 0.717) is 6.54 Å². The number of thiazole rings is 1. The predicted octanol–water partition coefficient (Wildman–Crippen LogP) is 3.00. The lowest BCUT2D eigenvalue weighted by Gasteiger charge is -2.11. The molecule has 1 amide bonds. The van der Waals surface area contributed by atoms with Gasteiger partial charge in [0.2, 0.25) is 0 Å². The first-order valence-corrected chi connectivity index (χ1v) is 7.25. The van der Waals surface area contributed by atoms with Gasteiger partial charge in [0.25, 0.3) is 5.91 Å². The van der Waals surface area contributed by atoms with E-state index in [0.717, 1.165) is 17.1 Å². The van der Waals surface area contributed by atoms with Crippen molar-refractivity contribution in [1.29, 1.82) is 0 Å². The lowest BCUT2D eigenvalue weighted by atomic mass is 10.1. The Morgan fingerprint density at radius 1 is 1.38 bits per heavy atom. The van der Waals surface area contributed by atoms with Crippen molar-refractivity contribution in [3.63, 3.8) is 0 Å². The minimum atomic E-state index is -0.796. The monoisotopic (exact) mass is 311 g/mol. The number of hydrogen-bond acceptors (Lipinski definition) is 4. The van der Waals surface area contributed by atoms with Crippen LogP contribution in [-0.4, -0.2) is 24.5 Å². The van der Waals surface area contributed by atoms with Gasteiger partial charge in [-0.2, -0.15) is 0 Å². The Hall–Kier alpha value is -2.02. The Balaban J connectivity index is 2.04. The molecule has 2 aromatic rings. The molecule has 0 saturated heterocycles. The van der Waals surface area contributed by atoms with Crippen LogP contribution in [0.4, 0.5) is 14.5 Å². The van der Waals surface area contributed by atoms with Gasteiger partial charge in [-0.25, -0.2) is 13.8 Å². The van der Waals surface area contributed by atoms with Crippen molar-refractivity contribution in [2.45, 2.75) is 12.8 Å². The maximum Gasteiger partial charge on any atom is 0.251 e. The summed E-state index contributed by atoms with van der Waals surface area (Å²) >= 11 is 1.50. The molecule has 112 valence electrons. The predicted molar refractivity (Wildman–Crippen MR) is 78.8 cm³/mol. The van der Waals surface area contributed by atoms with Gasteiger partial charge < -0.3 is 10.6 Å². The normalized spacial score (nSPS) is 12.0. The molecule has 1 aromatic heterocycles. The standard InChI is InChI=1S/C14H15F2N3OS/c1-8(14-18-3-4-21-14)7-19-13(20)9-5-10(15)12(17-2)11(16)6-9/h3-6,8,17H,7H2,1-2H3,(H,19,20). The molecule has 2 N–H and O–H groups in total. The molecule has 7 heteroatoms. The van der Waals surface area contributed by atoms with Gasteiger partial charge in [0.1, 0.15) is 17.3 Å². The molecular weight excluding hydrogens is 296 g/mol. The molecule has 0 spiro atoms. The highest BCUT2D eigenvalue weighted by atomic mass is 32.1. The first-order valence-electron chi connectivity index (χ1n) is 6.37. The largest absolute Gasteiger partial charge is 0.383 e. The summed E-state index contributed by atoms with van der Waals surface area (Å²) in [6.45, 7) is 2.27. The molecule has 0 aliphatic rings. The molecule has 0 fully saturated rings. The van der Waals surface area contributed by atoms with E-state index < -0.39 is 17.5 Å². The van der Waals surface area contributed by atoms with Crippen molar-refractivity contribution >= 4 is 22.9 Å². The first-order chi connectivity index (χ1) is 10.0. The van der Waals surface area contributed by atoms with Gasteiger partial charge in [-0.05, 0) is 12.1 Å². The molecule has 0 aliphatic heterocycles. The van der Waals surface area contributed by atoms with E-state index in [-0.39, 0.29) is 17.2 Å². The number of carbonyl (C=O) groups is 1. The second-order valence-corrected chi connectivity index (χ2v) is 5.47. The van der Waals surface area contributed by atoms with E-state index in [9.17, 15) is 13.6 Å². The van der Waals surface area contributed by atoms with Crippen LogP contribution >= 0.6 is 11.3 Å². The van der Waals surface area contributed by atoms with Crippen LogP contribution in [0.2, 0.25) is 0 Å². The molecule has 1 unspecified atom stereocenters. The molecule has 1 aromatic carbocycles. The zero-order chi connectivity index (χ0) is 15.4. The van der Waals surface area contributed by atoms with Crippen molar-refractivity contribution in [3.8, 4) is 0 Å². The molecular formula is C14H15F2N3OS. The number of carbonyl (C=O) groups excluding carboxylic acids is 1. The Morgan fingerprint density at radius 3 is 2.57 bits per heavy atom. The fourth-order valence-corrected chi connectivity index (χ4v) is 2.55. The van der Waals surface area contributed by atoms with E-state index in [1.54, 1.807) is 6.20 Å². The summed E-state index contributed by atoms with van der Waals surface area (Å²) in [5.74, 6) is -2.06. The topological polar surface area (TPSA) is 54.0 Å². The molecule has 1 heterocycles. The maximum absolute atomic E-state index is 13.6. The Labute approximate surface area is 125 Å². The second-order valence-electron chi connectivity index (χ2n) is 4.55. The number of anilines is 1. The molecule has 21 heavy (non-hydrogen) atoms.